The Labute approximate surface area is 261 Å². The van der Waals surface area contributed by atoms with Crippen LogP contribution in [0.3, 0.4) is 0 Å². The number of amides is 1. The van der Waals surface area contributed by atoms with E-state index in [9.17, 15) is 9.59 Å². The number of piperidine rings is 1. The van der Waals surface area contributed by atoms with Crippen LogP contribution in [0.2, 0.25) is 0 Å². The van der Waals surface area contributed by atoms with E-state index in [-0.39, 0.29) is 22.9 Å². The highest BCUT2D eigenvalue weighted by molar-refractivity contribution is 5.98. The second-order valence-electron chi connectivity index (χ2n) is 12.5. The zero-order chi connectivity index (χ0) is 31.1. The standard InChI is InChI=1S/C38H45N3O3/c1-4-28-11-7-12-29(24-28)13-8-20-40-37(43)30-16-17-34(31(25-30)26-33(39)36(42)35-15-9-23-44-35)41-21-18-38(3,19-22-41)32-14-6-5-10-27(32)2/h5-7,9-11,14-17,23,25,33H,4,8,13,18-22,24,26,39H2,1-3H3,(H,40,43). The fourth-order valence-corrected chi connectivity index (χ4v) is 6.56. The van der Waals surface area contributed by atoms with Crippen LogP contribution in [0, 0.1) is 6.92 Å². The van der Waals surface area contributed by atoms with Gasteiger partial charge in [-0.3, -0.25) is 9.59 Å². The fourth-order valence-electron chi connectivity index (χ4n) is 6.56. The Morgan fingerprint density at radius 2 is 1.91 bits per heavy atom. The second kappa shape index (κ2) is 14.1. The Morgan fingerprint density at radius 3 is 2.64 bits per heavy atom. The van der Waals surface area contributed by atoms with E-state index >= 15 is 0 Å². The van der Waals surface area contributed by atoms with E-state index < -0.39 is 6.04 Å². The number of allylic oxidation sites excluding steroid dienone is 3. The molecule has 3 N–H and O–H groups in total. The largest absolute Gasteiger partial charge is 0.461 e. The lowest BCUT2D eigenvalue weighted by Gasteiger charge is -2.42. The van der Waals surface area contributed by atoms with E-state index in [1.54, 1.807) is 12.1 Å². The number of furan rings is 1. The maximum Gasteiger partial charge on any atom is 0.251 e. The summed E-state index contributed by atoms with van der Waals surface area (Å²) in [7, 11) is 0. The van der Waals surface area contributed by atoms with Crippen molar-refractivity contribution in [2.75, 3.05) is 24.5 Å². The van der Waals surface area contributed by atoms with Crippen molar-refractivity contribution in [2.45, 2.75) is 77.2 Å². The van der Waals surface area contributed by atoms with Gasteiger partial charge in [-0.1, -0.05) is 49.8 Å². The number of hydrogen-bond acceptors (Lipinski definition) is 5. The molecule has 1 fully saturated rings. The number of Topliss-reactive ketones (excluding diaryl/α,β-unsaturated/α-hetero) is 1. The number of nitrogens with two attached hydrogens (primary N) is 1. The molecule has 3 aromatic rings. The van der Waals surface area contributed by atoms with Gasteiger partial charge in [0, 0.05) is 30.9 Å². The Hall–Kier alpha value is -4.12. The molecule has 2 heterocycles. The molecule has 0 spiro atoms. The maximum atomic E-state index is 13.2. The van der Waals surface area contributed by atoms with Crippen molar-refractivity contribution in [1.82, 2.24) is 5.32 Å². The normalized spacial score (nSPS) is 16.7. The summed E-state index contributed by atoms with van der Waals surface area (Å²) in [5, 5.41) is 3.09. The molecule has 5 rings (SSSR count). The van der Waals surface area contributed by atoms with Crippen molar-refractivity contribution in [3.05, 3.63) is 118 Å². The summed E-state index contributed by atoms with van der Waals surface area (Å²) < 4.78 is 5.33. The third-order valence-corrected chi connectivity index (χ3v) is 9.33. The number of ketones is 1. The highest BCUT2D eigenvalue weighted by Crippen LogP contribution is 2.39. The van der Waals surface area contributed by atoms with Crippen LogP contribution in [-0.2, 0) is 11.8 Å². The lowest BCUT2D eigenvalue weighted by molar-refractivity contribution is 0.0932. The minimum absolute atomic E-state index is 0.103. The van der Waals surface area contributed by atoms with Gasteiger partial charge in [0.2, 0.25) is 5.78 Å². The first-order chi connectivity index (χ1) is 21.3. The molecule has 44 heavy (non-hydrogen) atoms. The van der Waals surface area contributed by atoms with Gasteiger partial charge in [0.05, 0.1) is 12.3 Å². The molecule has 1 atom stereocenters. The third kappa shape index (κ3) is 7.32. The zero-order valence-electron chi connectivity index (χ0n) is 26.3. The van der Waals surface area contributed by atoms with Gasteiger partial charge in [0.1, 0.15) is 0 Å². The van der Waals surface area contributed by atoms with Crippen LogP contribution < -0.4 is 16.0 Å². The Balaban J connectivity index is 1.29. The van der Waals surface area contributed by atoms with E-state index in [1.807, 2.05) is 24.3 Å². The molecule has 0 bridgehead atoms. The number of benzene rings is 2. The molecule has 1 saturated heterocycles. The van der Waals surface area contributed by atoms with Crippen LogP contribution in [0.1, 0.15) is 90.0 Å². The number of hydrogen-bond donors (Lipinski definition) is 2. The predicted molar refractivity (Wildman–Crippen MR) is 177 cm³/mol. The minimum Gasteiger partial charge on any atom is -0.461 e. The predicted octanol–water partition coefficient (Wildman–Crippen LogP) is 7.23. The average molecular weight is 592 g/mol. The van der Waals surface area contributed by atoms with Crippen molar-refractivity contribution in [3.8, 4) is 0 Å². The molecule has 230 valence electrons. The Morgan fingerprint density at radius 1 is 1.11 bits per heavy atom. The fraction of sp³-hybridized carbons (Fsp3) is 0.395. The molecule has 1 aliphatic carbocycles. The molecule has 1 aliphatic heterocycles. The molecule has 1 aromatic heterocycles. The third-order valence-electron chi connectivity index (χ3n) is 9.33. The van der Waals surface area contributed by atoms with E-state index in [0.717, 1.165) is 62.9 Å². The van der Waals surface area contributed by atoms with Gasteiger partial charge in [0.15, 0.2) is 5.76 Å². The number of carbonyl (C=O) groups is 2. The molecule has 1 amide bonds. The van der Waals surface area contributed by atoms with Crippen molar-refractivity contribution in [3.63, 3.8) is 0 Å². The summed E-state index contributed by atoms with van der Waals surface area (Å²) in [6, 6.07) is 17.1. The second-order valence-corrected chi connectivity index (χ2v) is 12.5. The summed E-state index contributed by atoms with van der Waals surface area (Å²) in [5.74, 6) is -0.102. The van der Waals surface area contributed by atoms with E-state index in [0.29, 0.717) is 18.5 Å². The lowest BCUT2D eigenvalue weighted by Crippen LogP contribution is -2.42. The van der Waals surface area contributed by atoms with Gasteiger partial charge in [-0.2, -0.15) is 0 Å². The lowest BCUT2D eigenvalue weighted by atomic mass is 9.73. The van der Waals surface area contributed by atoms with Gasteiger partial charge in [-0.25, -0.2) is 0 Å². The summed E-state index contributed by atoms with van der Waals surface area (Å²) >= 11 is 0. The van der Waals surface area contributed by atoms with Crippen molar-refractivity contribution in [1.29, 1.82) is 0 Å². The molecule has 2 aromatic carbocycles. The summed E-state index contributed by atoms with van der Waals surface area (Å²) in [5.41, 5.74) is 17.9. The highest BCUT2D eigenvalue weighted by Gasteiger charge is 2.33. The van der Waals surface area contributed by atoms with Crippen molar-refractivity contribution >= 4 is 17.4 Å². The van der Waals surface area contributed by atoms with Crippen LogP contribution in [-0.4, -0.2) is 37.4 Å². The quantitative estimate of drug-likeness (QED) is 0.132. The summed E-state index contributed by atoms with van der Waals surface area (Å²) in [6.45, 7) is 9.08. The first kappa shape index (κ1) is 31.3. The number of aryl methyl sites for hydroxylation is 1. The summed E-state index contributed by atoms with van der Waals surface area (Å²) in [4.78, 5) is 28.6. The number of carbonyl (C=O) groups excluding carboxylic acids is 2. The molecule has 6 heteroatoms. The van der Waals surface area contributed by atoms with Crippen LogP contribution in [0.4, 0.5) is 5.69 Å². The van der Waals surface area contributed by atoms with Gasteiger partial charge >= 0.3 is 0 Å². The van der Waals surface area contributed by atoms with Crippen LogP contribution in [0.25, 0.3) is 0 Å². The van der Waals surface area contributed by atoms with Crippen molar-refractivity contribution in [2.24, 2.45) is 5.73 Å². The molecule has 0 radical (unpaired) electrons. The number of rotatable bonds is 12. The van der Waals surface area contributed by atoms with Gasteiger partial charge in [-0.05, 0) is 116 Å². The smallest absolute Gasteiger partial charge is 0.251 e. The van der Waals surface area contributed by atoms with Gasteiger partial charge in [-0.15, -0.1) is 5.73 Å². The number of nitrogens with zero attached hydrogens (tertiary/aromatic N) is 1. The number of nitrogens with one attached hydrogen (secondary N) is 1. The molecule has 0 saturated carbocycles. The first-order valence-corrected chi connectivity index (χ1v) is 16.0. The van der Waals surface area contributed by atoms with E-state index in [4.69, 9.17) is 10.2 Å². The van der Waals surface area contributed by atoms with Crippen LogP contribution in [0.15, 0.2) is 94.3 Å². The minimum atomic E-state index is -0.779. The number of anilines is 1. The zero-order valence-corrected chi connectivity index (χ0v) is 26.3. The van der Waals surface area contributed by atoms with Crippen LogP contribution >= 0.6 is 0 Å². The highest BCUT2D eigenvalue weighted by atomic mass is 16.3. The van der Waals surface area contributed by atoms with Crippen LogP contribution in [0.5, 0.6) is 0 Å². The van der Waals surface area contributed by atoms with E-state index in [2.05, 4.69) is 67.1 Å². The summed E-state index contributed by atoms with van der Waals surface area (Å²) in [6.07, 6.45) is 11.8. The van der Waals surface area contributed by atoms with E-state index in [1.165, 1.54) is 28.5 Å². The SMILES string of the molecule is CCC1=CC=C=C(CCCNC(=O)c2ccc(N3CCC(C)(c4ccccc4C)CC3)c(CC(N)C(=O)c3ccco3)c2)C1. The average Bonchev–Trinajstić information content (AvgIpc) is 3.59. The topological polar surface area (TPSA) is 88.6 Å². The molecular formula is C38H45N3O3. The molecule has 1 unspecified atom stereocenters. The molecular weight excluding hydrogens is 546 g/mol. The monoisotopic (exact) mass is 591 g/mol. The maximum absolute atomic E-state index is 13.2. The molecule has 2 aliphatic rings. The van der Waals surface area contributed by atoms with Crippen molar-refractivity contribution < 1.29 is 14.0 Å². The van der Waals surface area contributed by atoms with Gasteiger partial charge in [0.25, 0.3) is 5.91 Å². The molecule has 6 nitrogen and oxygen atoms in total. The van der Waals surface area contributed by atoms with Gasteiger partial charge < -0.3 is 20.4 Å². The Kier molecular flexibility index (Phi) is 10.0. The first-order valence-electron chi connectivity index (χ1n) is 16.0. The Bertz CT molecular complexity index is 1570.